The van der Waals surface area contributed by atoms with Crippen LogP contribution in [0.25, 0.3) is 0 Å². The Hall–Kier alpha value is -3.16. The number of sulfonamides is 1. The van der Waals surface area contributed by atoms with Crippen LogP contribution in [0, 0.1) is 30.1 Å². The first-order valence-corrected chi connectivity index (χ1v) is 13.2. The number of aryl methyl sites for hydroxylation is 1. The van der Waals surface area contributed by atoms with Crippen molar-refractivity contribution in [1.29, 1.82) is 5.26 Å². The van der Waals surface area contributed by atoms with Gasteiger partial charge in [-0.3, -0.25) is 9.52 Å². The van der Waals surface area contributed by atoms with Gasteiger partial charge < -0.3 is 15.1 Å². The molecular weight excluding hydrogens is 469 g/mol. The van der Waals surface area contributed by atoms with Crippen molar-refractivity contribution < 1.29 is 17.6 Å². The van der Waals surface area contributed by atoms with Crippen LogP contribution in [0.2, 0.25) is 0 Å². The molecule has 2 heterocycles. The molecule has 1 amide bonds. The average molecular weight is 498 g/mol. The fourth-order valence-corrected chi connectivity index (χ4v) is 6.26. The molecule has 2 aromatic rings. The van der Waals surface area contributed by atoms with E-state index in [0.717, 1.165) is 24.3 Å². The minimum atomic E-state index is -3.64. The van der Waals surface area contributed by atoms with Gasteiger partial charge in [0.2, 0.25) is 5.91 Å². The van der Waals surface area contributed by atoms with Crippen molar-refractivity contribution in [3.8, 4) is 6.07 Å². The lowest BCUT2D eigenvalue weighted by Crippen LogP contribution is -2.42. The number of carbonyl (C=O) groups excluding carboxylic acids is 1. The highest BCUT2D eigenvalue weighted by Crippen LogP contribution is 2.46. The van der Waals surface area contributed by atoms with Crippen molar-refractivity contribution in [3.05, 3.63) is 54.1 Å². The number of halogens is 1. The van der Waals surface area contributed by atoms with E-state index < -0.39 is 22.2 Å². The lowest BCUT2D eigenvalue weighted by molar-refractivity contribution is -0.130. The van der Waals surface area contributed by atoms with E-state index in [1.807, 2.05) is 25.1 Å². The van der Waals surface area contributed by atoms with E-state index in [4.69, 9.17) is 5.26 Å². The number of likely N-dealkylation sites (tertiary alicyclic amines) is 1. The van der Waals surface area contributed by atoms with Crippen LogP contribution >= 0.6 is 0 Å². The molecule has 2 unspecified atom stereocenters. The summed E-state index contributed by atoms with van der Waals surface area (Å²) in [5, 5.41) is 12.4. The predicted octanol–water partition coefficient (Wildman–Crippen LogP) is 2.28. The number of nitrogens with zero attached hydrogens (tertiary/aromatic N) is 3. The maximum atomic E-state index is 13.6. The lowest BCUT2D eigenvalue weighted by atomic mass is 10.2. The van der Waals surface area contributed by atoms with Crippen molar-refractivity contribution in [2.75, 3.05) is 35.8 Å². The zero-order valence-corrected chi connectivity index (χ0v) is 20.2. The summed E-state index contributed by atoms with van der Waals surface area (Å²) in [5.74, 6) is 0.644. The van der Waals surface area contributed by atoms with Gasteiger partial charge in [-0.05, 0) is 55.2 Å². The maximum absolute atomic E-state index is 13.6. The molecule has 3 fully saturated rings. The maximum Gasteiger partial charge on any atom is 0.261 e. The van der Waals surface area contributed by atoms with Crippen molar-refractivity contribution >= 4 is 27.3 Å². The van der Waals surface area contributed by atoms with Crippen molar-refractivity contribution in [1.82, 2.24) is 10.2 Å². The highest BCUT2D eigenvalue weighted by molar-refractivity contribution is 7.92. The second-order valence-corrected chi connectivity index (χ2v) is 11.3. The van der Waals surface area contributed by atoms with Crippen molar-refractivity contribution in [2.24, 2.45) is 11.8 Å². The molecule has 3 aliphatic rings. The molecule has 35 heavy (non-hydrogen) atoms. The summed E-state index contributed by atoms with van der Waals surface area (Å²) in [6.45, 7) is 3.73. The van der Waals surface area contributed by atoms with Crippen LogP contribution in [-0.4, -0.2) is 63.7 Å². The van der Waals surface area contributed by atoms with Crippen LogP contribution in [0.5, 0.6) is 0 Å². The summed E-state index contributed by atoms with van der Waals surface area (Å²) < 4.78 is 41.4. The predicted molar refractivity (Wildman–Crippen MR) is 130 cm³/mol. The van der Waals surface area contributed by atoms with E-state index in [1.54, 1.807) is 36.4 Å². The van der Waals surface area contributed by atoms with Gasteiger partial charge in [0.1, 0.15) is 12.2 Å². The molecule has 10 heteroatoms. The molecule has 2 aromatic carbocycles. The Morgan fingerprint density at radius 2 is 1.74 bits per heavy atom. The molecule has 8 nitrogen and oxygen atoms in total. The zero-order chi connectivity index (χ0) is 24.7. The third-order valence-electron chi connectivity index (χ3n) is 7.22. The van der Waals surface area contributed by atoms with E-state index in [1.165, 1.54) is 4.90 Å². The standard InChI is InChI=1S/C25H28FN5O3S/c1-16-2-8-21(9-3-16)35(33,34)29-18-4-6-19(7-5-18)30-14-22-23(15-30)25(22)28-12-24(32)31-13-17(26)10-20(31)11-27/h2-9,17,20,22-23,25,28-29H,10,12-15H2,1H3/t17-,20-,22?,23?,25?/m0/s1. The first kappa shape index (κ1) is 23.6. The molecule has 0 bridgehead atoms. The molecule has 184 valence electrons. The molecule has 5 rings (SSSR count). The highest BCUT2D eigenvalue weighted by Gasteiger charge is 2.55. The number of alkyl halides is 1. The first-order valence-electron chi connectivity index (χ1n) is 11.8. The van der Waals surface area contributed by atoms with E-state index >= 15 is 0 Å². The highest BCUT2D eigenvalue weighted by atomic mass is 32.2. The summed E-state index contributed by atoms with van der Waals surface area (Å²) in [5.41, 5.74) is 2.52. The third-order valence-corrected chi connectivity index (χ3v) is 8.62. The van der Waals surface area contributed by atoms with Gasteiger partial charge in [-0.25, -0.2) is 12.8 Å². The van der Waals surface area contributed by atoms with Gasteiger partial charge in [0.05, 0.1) is 24.1 Å². The normalized spacial score (nSPS) is 27.4. The van der Waals surface area contributed by atoms with Gasteiger partial charge >= 0.3 is 0 Å². The number of carbonyl (C=O) groups is 1. The first-order chi connectivity index (χ1) is 16.7. The zero-order valence-electron chi connectivity index (χ0n) is 19.4. The third kappa shape index (κ3) is 4.83. The summed E-state index contributed by atoms with van der Waals surface area (Å²) in [4.78, 5) is 16.2. The minimum absolute atomic E-state index is 0.00120. The van der Waals surface area contributed by atoms with Gasteiger partial charge in [0.15, 0.2) is 0 Å². The quantitative estimate of drug-likeness (QED) is 0.608. The molecule has 1 saturated carbocycles. The van der Waals surface area contributed by atoms with Crippen molar-refractivity contribution in [2.45, 2.75) is 36.5 Å². The number of rotatable bonds is 7. The van der Waals surface area contributed by atoms with Crippen LogP contribution in [0.15, 0.2) is 53.4 Å². The average Bonchev–Trinajstić information content (AvgIpc) is 3.13. The van der Waals surface area contributed by atoms with Gasteiger partial charge in [0.25, 0.3) is 10.0 Å². The second kappa shape index (κ2) is 9.13. The Morgan fingerprint density at radius 1 is 1.09 bits per heavy atom. The molecule has 2 N–H and O–H groups in total. The van der Waals surface area contributed by atoms with Crippen LogP contribution in [0.4, 0.5) is 15.8 Å². The Kier molecular flexibility index (Phi) is 6.15. The van der Waals surface area contributed by atoms with Crippen LogP contribution < -0.4 is 14.9 Å². The molecule has 2 saturated heterocycles. The summed E-state index contributed by atoms with van der Waals surface area (Å²) >= 11 is 0. The number of nitriles is 1. The number of benzene rings is 2. The van der Waals surface area contributed by atoms with Gasteiger partial charge in [0, 0.05) is 36.9 Å². The smallest absolute Gasteiger partial charge is 0.261 e. The monoisotopic (exact) mass is 497 g/mol. The fourth-order valence-electron chi connectivity index (χ4n) is 5.20. The van der Waals surface area contributed by atoms with E-state index in [2.05, 4.69) is 14.9 Å². The number of fused-ring (bicyclic) bond motifs is 1. The molecule has 2 aliphatic heterocycles. The molecular formula is C25H28FN5O3S. The molecule has 4 atom stereocenters. The Morgan fingerprint density at radius 3 is 2.37 bits per heavy atom. The van der Waals surface area contributed by atoms with Crippen LogP contribution in [0.1, 0.15) is 12.0 Å². The number of nitrogens with one attached hydrogen (secondary N) is 2. The number of hydrogen-bond donors (Lipinski definition) is 2. The van der Waals surface area contributed by atoms with E-state index in [-0.39, 0.29) is 36.4 Å². The Bertz CT molecular complexity index is 1230. The molecule has 1 aliphatic carbocycles. The topological polar surface area (TPSA) is 106 Å². The summed E-state index contributed by atoms with van der Waals surface area (Å²) in [6.07, 6.45) is -1.03. The van der Waals surface area contributed by atoms with Gasteiger partial charge in [-0.1, -0.05) is 17.7 Å². The summed E-state index contributed by atoms with van der Waals surface area (Å²) in [6, 6.07) is 15.6. The van der Waals surface area contributed by atoms with E-state index in [9.17, 15) is 17.6 Å². The molecule has 0 radical (unpaired) electrons. The number of piperidine rings is 1. The molecule has 0 aromatic heterocycles. The second-order valence-electron chi connectivity index (χ2n) is 9.63. The lowest BCUT2D eigenvalue weighted by Gasteiger charge is -2.23. The number of anilines is 2. The largest absolute Gasteiger partial charge is 0.371 e. The van der Waals surface area contributed by atoms with Crippen LogP contribution in [0.3, 0.4) is 0 Å². The number of amides is 1. The van der Waals surface area contributed by atoms with Gasteiger partial charge in [-0.15, -0.1) is 0 Å². The Labute approximate surface area is 204 Å². The number of hydrogen-bond acceptors (Lipinski definition) is 6. The van der Waals surface area contributed by atoms with Gasteiger partial charge in [-0.2, -0.15) is 5.26 Å². The summed E-state index contributed by atoms with van der Waals surface area (Å²) in [7, 11) is -3.64. The van der Waals surface area contributed by atoms with Crippen molar-refractivity contribution in [3.63, 3.8) is 0 Å². The molecule has 0 spiro atoms. The SMILES string of the molecule is Cc1ccc(S(=O)(=O)Nc2ccc(N3CC4C(C3)C4NCC(=O)N3C[C@@H](F)C[C@H]3C#N)cc2)cc1. The fraction of sp³-hybridized carbons (Fsp3) is 0.440. The van der Waals surface area contributed by atoms with E-state index in [0.29, 0.717) is 17.5 Å². The van der Waals surface area contributed by atoms with Crippen LogP contribution in [-0.2, 0) is 14.8 Å². The Balaban J connectivity index is 1.11. The minimum Gasteiger partial charge on any atom is -0.371 e.